The summed E-state index contributed by atoms with van der Waals surface area (Å²) in [6.45, 7) is 3.99. The van der Waals surface area contributed by atoms with Crippen LogP contribution in [0, 0.1) is 5.92 Å². The van der Waals surface area contributed by atoms with Gasteiger partial charge in [0, 0.05) is 23.5 Å². The molecule has 2 rings (SSSR count). The Morgan fingerprint density at radius 1 is 0.975 bits per heavy atom. The number of aliphatic carboxylic acids is 1. The van der Waals surface area contributed by atoms with E-state index in [0.29, 0.717) is 25.8 Å². The number of aromatic nitrogens is 1. The highest BCUT2D eigenvalue weighted by Gasteiger charge is 2.33. The number of para-hydroxylation sites is 1. The third kappa shape index (κ3) is 9.35. The second-order valence-electron chi connectivity index (χ2n) is 9.96. The maximum Gasteiger partial charge on any atom is 0.326 e. The van der Waals surface area contributed by atoms with Crippen molar-refractivity contribution in [1.29, 1.82) is 0 Å². The summed E-state index contributed by atoms with van der Waals surface area (Å²) < 4.78 is 0. The van der Waals surface area contributed by atoms with Crippen LogP contribution >= 0.6 is 0 Å². The fourth-order valence-electron chi connectivity index (χ4n) is 4.29. The molecular formula is C27H41N7O6. The van der Waals surface area contributed by atoms with Crippen LogP contribution in [0.1, 0.15) is 51.5 Å². The first-order valence-corrected chi connectivity index (χ1v) is 13.4. The van der Waals surface area contributed by atoms with Crippen LogP contribution in [0.3, 0.4) is 0 Å². The van der Waals surface area contributed by atoms with E-state index in [4.69, 9.17) is 17.2 Å². The average Bonchev–Trinajstić information content (AvgIpc) is 3.32. The number of carboxylic acids is 1. The summed E-state index contributed by atoms with van der Waals surface area (Å²) in [6.07, 6.45) is 3.18. The summed E-state index contributed by atoms with van der Waals surface area (Å²) in [7, 11) is 0. The highest BCUT2D eigenvalue weighted by molar-refractivity contribution is 5.95. The number of amides is 4. The van der Waals surface area contributed by atoms with Crippen LogP contribution in [-0.4, -0.2) is 70.4 Å². The van der Waals surface area contributed by atoms with Gasteiger partial charge in [0.05, 0.1) is 12.5 Å². The van der Waals surface area contributed by atoms with E-state index < -0.39 is 60.2 Å². The van der Waals surface area contributed by atoms with Crippen molar-refractivity contribution in [3.8, 4) is 0 Å². The Morgan fingerprint density at radius 2 is 1.65 bits per heavy atom. The summed E-state index contributed by atoms with van der Waals surface area (Å²) in [5.74, 6) is -4.38. The van der Waals surface area contributed by atoms with Crippen LogP contribution in [-0.2, 0) is 30.4 Å². The number of carboxylic acid groups (broad SMARTS) is 1. The smallest absolute Gasteiger partial charge is 0.326 e. The molecule has 40 heavy (non-hydrogen) atoms. The van der Waals surface area contributed by atoms with Gasteiger partial charge in [0.1, 0.15) is 18.1 Å². The van der Waals surface area contributed by atoms with Crippen molar-refractivity contribution in [3.05, 3.63) is 36.0 Å². The Labute approximate surface area is 233 Å². The van der Waals surface area contributed by atoms with Crippen molar-refractivity contribution < 1.29 is 29.1 Å². The molecule has 0 saturated heterocycles. The number of nitrogens with two attached hydrogens (primary N) is 3. The van der Waals surface area contributed by atoms with Crippen molar-refractivity contribution in [2.45, 2.75) is 76.5 Å². The van der Waals surface area contributed by atoms with Crippen LogP contribution in [0.5, 0.6) is 0 Å². The summed E-state index contributed by atoms with van der Waals surface area (Å²) in [4.78, 5) is 65.7. The van der Waals surface area contributed by atoms with E-state index in [1.165, 1.54) is 0 Å². The van der Waals surface area contributed by atoms with E-state index >= 15 is 0 Å². The zero-order valence-electron chi connectivity index (χ0n) is 22.9. The first kappa shape index (κ1) is 32.2. The first-order chi connectivity index (χ1) is 19.0. The Kier molecular flexibility index (Phi) is 12.6. The van der Waals surface area contributed by atoms with Crippen molar-refractivity contribution in [3.63, 3.8) is 0 Å². The maximum atomic E-state index is 13.6. The number of carbonyl (C=O) groups is 5. The van der Waals surface area contributed by atoms with Gasteiger partial charge >= 0.3 is 5.97 Å². The van der Waals surface area contributed by atoms with Gasteiger partial charge < -0.3 is 43.2 Å². The molecule has 13 nitrogen and oxygen atoms in total. The fraction of sp³-hybridized carbons (Fsp3) is 0.519. The van der Waals surface area contributed by atoms with E-state index in [1.54, 1.807) is 13.1 Å². The van der Waals surface area contributed by atoms with E-state index in [2.05, 4.69) is 20.9 Å². The molecule has 0 radical (unpaired) electrons. The summed E-state index contributed by atoms with van der Waals surface area (Å²) in [6, 6.07) is 2.78. The SMILES string of the molecule is CCC(C)C(NC(=O)C(Cc1c[nH]c2ccccc12)NC(=O)C(N)CC(N)=O)C(=O)NC(CCCCN)C(=O)O. The van der Waals surface area contributed by atoms with Gasteiger partial charge in [-0.2, -0.15) is 0 Å². The van der Waals surface area contributed by atoms with Crippen LogP contribution in [0.4, 0.5) is 0 Å². The highest BCUT2D eigenvalue weighted by atomic mass is 16.4. The lowest BCUT2D eigenvalue weighted by molar-refractivity contribution is -0.143. The molecule has 2 aromatic rings. The van der Waals surface area contributed by atoms with Crippen molar-refractivity contribution >= 4 is 40.5 Å². The van der Waals surface area contributed by atoms with Gasteiger partial charge in [0.15, 0.2) is 0 Å². The fourth-order valence-corrected chi connectivity index (χ4v) is 4.29. The summed E-state index contributed by atoms with van der Waals surface area (Å²) >= 11 is 0. The third-order valence-corrected chi connectivity index (χ3v) is 6.84. The van der Waals surface area contributed by atoms with Crippen molar-refractivity contribution in [2.75, 3.05) is 6.54 Å². The van der Waals surface area contributed by atoms with Crippen LogP contribution < -0.4 is 33.2 Å². The van der Waals surface area contributed by atoms with Gasteiger partial charge in [-0.15, -0.1) is 0 Å². The lowest BCUT2D eigenvalue weighted by Crippen LogP contribution is -2.59. The largest absolute Gasteiger partial charge is 0.480 e. The minimum atomic E-state index is -1.27. The quantitative estimate of drug-likeness (QED) is 0.119. The van der Waals surface area contributed by atoms with Gasteiger partial charge in [0.2, 0.25) is 23.6 Å². The van der Waals surface area contributed by atoms with Crippen LogP contribution in [0.15, 0.2) is 30.5 Å². The predicted octanol–water partition coefficient (Wildman–Crippen LogP) is -0.373. The van der Waals surface area contributed by atoms with Gasteiger partial charge in [-0.05, 0) is 43.4 Å². The van der Waals surface area contributed by atoms with Crippen molar-refractivity contribution in [1.82, 2.24) is 20.9 Å². The molecule has 1 heterocycles. The first-order valence-electron chi connectivity index (χ1n) is 13.4. The van der Waals surface area contributed by atoms with Crippen LogP contribution in [0.25, 0.3) is 10.9 Å². The van der Waals surface area contributed by atoms with Gasteiger partial charge in [-0.3, -0.25) is 19.2 Å². The molecule has 220 valence electrons. The minimum Gasteiger partial charge on any atom is -0.480 e. The van der Waals surface area contributed by atoms with Crippen LogP contribution in [0.2, 0.25) is 0 Å². The Morgan fingerprint density at radius 3 is 2.27 bits per heavy atom. The van der Waals surface area contributed by atoms with Gasteiger partial charge in [-0.1, -0.05) is 38.5 Å². The molecule has 1 aromatic carbocycles. The molecule has 0 aliphatic carbocycles. The third-order valence-electron chi connectivity index (χ3n) is 6.84. The molecule has 1 aromatic heterocycles. The Hall–Kier alpha value is -3.97. The molecule has 0 aliphatic heterocycles. The predicted molar refractivity (Wildman–Crippen MR) is 150 cm³/mol. The van der Waals surface area contributed by atoms with Gasteiger partial charge in [-0.25, -0.2) is 4.79 Å². The highest BCUT2D eigenvalue weighted by Crippen LogP contribution is 2.20. The number of nitrogens with one attached hydrogen (secondary N) is 4. The van der Waals surface area contributed by atoms with E-state index in [0.717, 1.165) is 16.5 Å². The number of hydrogen-bond acceptors (Lipinski definition) is 7. The lowest BCUT2D eigenvalue weighted by atomic mass is 9.96. The van der Waals surface area contributed by atoms with Crippen molar-refractivity contribution in [2.24, 2.45) is 23.1 Å². The van der Waals surface area contributed by atoms with Gasteiger partial charge in [0.25, 0.3) is 0 Å². The van der Waals surface area contributed by atoms with E-state index in [1.807, 2.05) is 31.2 Å². The molecule has 5 atom stereocenters. The zero-order chi connectivity index (χ0) is 29.8. The molecule has 0 aliphatic rings. The second-order valence-corrected chi connectivity index (χ2v) is 9.96. The average molecular weight is 560 g/mol. The number of benzene rings is 1. The molecule has 13 heteroatoms. The number of hydrogen-bond donors (Lipinski definition) is 8. The molecule has 11 N–H and O–H groups in total. The zero-order valence-corrected chi connectivity index (χ0v) is 22.9. The minimum absolute atomic E-state index is 0.0521. The second kappa shape index (κ2) is 15.6. The summed E-state index contributed by atoms with van der Waals surface area (Å²) in [5, 5.41) is 18.2. The van der Waals surface area contributed by atoms with E-state index in [9.17, 15) is 29.1 Å². The number of carbonyl (C=O) groups excluding carboxylic acids is 4. The Balaban J connectivity index is 2.29. The maximum absolute atomic E-state index is 13.6. The molecule has 4 amide bonds. The number of H-pyrrole nitrogens is 1. The molecule has 0 bridgehead atoms. The molecule has 5 unspecified atom stereocenters. The molecule has 0 saturated carbocycles. The molecule has 0 fully saturated rings. The lowest BCUT2D eigenvalue weighted by Gasteiger charge is -2.28. The normalized spacial score (nSPS) is 14.9. The molecular weight excluding hydrogens is 518 g/mol. The standard InChI is InChI=1S/C27H41N7O6/c1-3-15(2)23(26(38)32-20(27(39)40)10-6-7-11-28)34-25(37)21(33-24(36)18(29)13-22(30)35)12-16-14-31-19-9-5-4-8-17(16)19/h4-5,8-9,14-15,18,20-21,23,31H,3,6-7,10-13,28-29H2,1-2H3,(H2,30,35)(H,32,38)(H,33,36)(H,34,37)(H,39,40). The van der Waals surface area contributed by atoms with E-state index in [-0.39, 0.29) is 18.8 Å². The molecule has 0 spiro atoms. The number of unbranched alkanes of at least 4 members (excludes halogenated alkanes) is 1. The number of fused-ring (bicyclic) bond motifs is 1. The monoisotopic (exact) mass is 559 g/mol. The topological polar surface area (TPSA) is 236 Å². The number of rotatable bonds is 17. The summed E-state index contributed by atoms with van der Waals surface area (Å²) in [5.41, 5.74) is 18.0. The number of aromatic amines is 1. The number of primary amides is 1. The Bertz CT molecular complexity index is 1180.